The normalized spacial score (nSPS) is 36.5. The first-order valence-corrected chi connectivity index (χ1v) is 7.28. The van der Waals surface area contributed by atoms with E-state index in [0.717, 1.165) is 6.42 Å². The second-order valence-corrected chi connectivity index (χ2v) is 6.91. The van der Waals surface area contributed by atoms with Crippen LogP contribution in [0.25, 0.3) is 0 Å². The third-order valence-electron chi connectivity index (χ3n) is 3.73. The van der Waals surface area contributed by atoms with Gasteiger partial charge in [0, 0.05) is 20.3 Å². The molecule has 1 aliphatic heterocycles. The number of hydrogen-bond donors (Lipinski definition) is 1. The fourth-order valence-electron chi connectivity index (χ4n) is 2.86. The molecule has 1 aliphatic carbocycles. The summed E-state index contributed by atoms with van der Waals surface area (Å²) in [4.78, 5) is 0. The van der Waals surface area contributed by atoms with Crippen molar-refractivity contribution in [2.24, 2.45) is 5.92 Å². The lowest BCUT2D eigenvalue weighted by Gasteiger charge is -2.24. The van der Waals surface area contributed by atoms with Crippen LogP contribution in [0.4, 0.5) is 0 Å². The molecule has 0 aromatic heterocycles. The second kappa shape index (κ2) is 4.54. The molecule has 1 N–H and O–H groups in total. The monoisotopic (exact) mass is 233 g/mol. The molecule has 0 aromatic carbocycles. The van der Waals surface area contributed by atoms with Gasteiger partial charge in [-0.2, -0.15) is 0 Å². The Labute approximate surface area is 91.3 Å². The Morgan fingerprint density at radius 3 is 2.47 bits per heavy atom. The number of hydrogen-bond acceptors (Lipinski definition) is 4. The molecular formula is C10H20NO3P. The van der Waals surface area contributed by atoms with Crippen LogP contribution >= 0.6 is 7.60 Å². The molecule has 0 aromatic rings. The van der Waals surface area contributed by atoms with Crippen molar-refractivity contribution in [2.45, 2.75) is 43.9 Å². The summed E-state index contributed by atoms with van der Waals surface area (Å²) in [6.45, 7) is 0. The highest BCUT2D eigenvalue weighted by Gasteiger charge is 2.44. The van der Waals surface area contributed by atoms with Crippen molar-refractivity contribution in [3.63, 3.8) is 0 Å². The largest absolute Gasteiger partial charge is 0.346 e. The SMILES string of the molecule is COP(=O)(OC)[C@@H]1C[C@@H]2CCCC[C@@H]2N1. The van der Waals surface area contributed by atoms with Crippen molar-refractivity contribution in [1.29, 1.82) is 0 Å². The highest BCUT2D eigenvalue weighted by molar-refractivity contribution is 7.54. The van der Waals surface area contributed by atoms with Crippen molar-refractivity contribution >= 4 is 7.60 Å². The Hall–Kier alpha value is 0.110. The van der Waals surface area contributed by atoms with E-state index in [1.165, 1.54) is 39.9 Å². The van der Waals surface area contributed by atoms with Gasteiger partial charge in [-0.15, -0.1) is 0 Å². The van der Waals surface area contributed by atoms with Crippen molar-refractivity contribution in [2.75, 3.05) is 14.2 Å². The molecule has 1 saturated carbocycles. The van der Waals surface area contributed by atoms with E-state index in [9.17, 15) is 4.57 Å². The van der Waals surface area contributed by atoms with Crippen molar-refractivity contribution in [3.8, 4) is 0 Å². The lowest BCUT2D eigenvalue weighted by molar-refractivity contribution is 0.261. The summed E-state index contributed by atoms with van der Waals surface area (Å²) in [5, 5.41) is 3.42. The average Bonchev–Trinajstić information content (AvgIpc) is 2.72. The first kappa shape index (κ1) is 11.6. The van der Waals surface area contributed by atoms with Gasteiger partial charge in [-0.25, -0.2) is 0 Å². The molecule has 3 atom stereocenters. The smallest absolute Gasteiger partial charge is 0.311 e. The first-order valence-electron chi connectivity index (χ1n) is 5.67. The number of rotatable bonds is 3. The summed E-state index contributed by atoms with van der Waals surface area (Å²) in [5.74, 6) is 0.572. The maximum Gasteiger partial charge on any atom is 0.346 e. The quantitative estimate of drug-likeness (QED) is 0.760. The van der Waals surface area contributed by atoms with Crippen molar-refractivity contribution in [3.05, 3.63) is 0 Å². The standard InChI is InChI=1S/C10H20NO3P/c1-13-15(12,14-2)10-7-8-5-3-4-6-9(8)11-10/h8-11H,3-7H2,1-2H3/t8-,9-,10+/m0/s1. The van der Waals surface area contributed by atoms with Gasteiger partial charge >= 0.3 is 7.60 Å². The molecule has 15 heavy (non-hydrogen) atoms. The molecule has 5 heteroatoms. The van der Waals surface area contributed by atoms with E-state index in [1.807, 2.05) is 0 Å². The summed E-state index contributed by atoms with van der Waals surface area (Å²) in [7, 11) is 0.0192. The van der Waals surface area contributed by atoms with Gasteiger partial charge in [0.25, 0.3) is 0 Å². The zero-order valence-corrected chi connectivity index (χ0v) is 10.3. The van der Waals surface area contributed by atoms with E-state index in [0.29, 0.717) is 12.0 Å². The fourth-order valence-corrected chi connectivity index (χ4v) is 4.42. The minimum Gasteiger partial charge on any atom is -0.311 e. The van der Waals surface area contributed by atoms with Crippen LogP contribution < -0.4 is 5.32 Å². The van der Waals surface area contributed by atoms with Crippen LogP contribution in [-0.2, 0) is 13.6 Å². The Balaban J connectivity index is 2.04. The van der Waals surface area contributed by atoms with Crippen molar-refractivity contribution in [1.82, 2.24) is 5.32 Å². The van der Waals surface area contributed by atoms with E-state index in [1.54, 1.807) is 0 Å². The van der Waals surface area contributed by atoms with Crippen LogP contribution in [-0.4, -0.2) is 26.0 Å². The van der Waals surface area contributed by atoms with Crippen LogP contribution in [0.3, 0.4) is 0 Å². The molecular weight excluding hydrogens is 213 g/mol. The van der Waals surface area contributed by atoms with E-state index in [-0.39, 0.29) is 5.78 Å². The summed E-state index contributed by atoms with van der Waals surface area (Å²) in [6, 6.07) is 0.530. The lowest BCUT2D eigenvalue weighted by atomic mass is 9.86. The zero-order chi connectivity index (χ0) is 10.9. The molecule has 88 valence electrons. The minimum atomic E-state index is -2.91. The summed E-state index contributed by atoms with van der Waals surface area (Å²) >= 11 is 0. The Morgan fingerprint density at radius 1 is 1.20 bits per heavy atom. The van der Waals surface area contributed by atoms with Gasteiger partial charge in [0.15, 0.2) is 0 Å². The van der Waals surface area contributed by atoms with Crippen molar-refractivity contribution < 1.29 is 13.6 Å². The van der Waals surface area contributed by atoms with Gasteiger partial charge in [-0.3, -0.25) is 4.57 Å². The van der Waals surface area contributed by atoms with Crippen LogP contribution in [0.15, 0.2) is 0 Å². The van der Waals surface area contributed by atoms with Crippen LogP contribution in [0, 0.1) is 5.92 Å². The molecule has 2 fully saturated rings. The zero-order valence-electron chi connectivity index (χ0n) is 9.44. The third-order valence-corrected chi connectivity index (χ3v) is 5.87. The number of nitrogens with one attached hydrogen (secondary N) is 1. The molecule has 0 unspecified atom stereocenters. The van der Waals surface area contributed by atoms with E-state index < -0.39 is 7.60 Å². The molecule has 4 nitrogen and oxygen atoms in total. The predicted octanol–water partition coefficient (Wildman–Crippen LogP) is 2.35. The Morgan fingerprint density at radius 2 is 1.87 bits per heavy atom. The van der Waals surface area contributed by atoms with Gasteiger partial charge in [-0.05, 0) is 25.2 Å². The second-order valence-electron chi connectivity index (χ2n) is 4.47. The van der Waals surface area contributed by atoms with Gasteiger partial charge < -0.3 is 14.4 Å². The molecule has 0 spiro atoms. The van der Waals surface area contributed by atoms with Crippen LogP contribution in [0.1, 0.15) is 32.1 Å². The van der Waals surface area contributed by atoms with E-state index in [2.05, 4.69) is 5.32 Å². The number of fused-ring (bicyclic) bond motifs is 1. The van der Waals surface area contributed by atoms with Gasteiger partial charge in [0.2, 0.25) is 0 Å². The summed E-state index contributed by atoms with van der Waals surface area (Å²) < 4.78 is 22.3. The molecule has 1 heterocycles. The van der Waals surface area contributed by atoms with Crippen LogP contribution in [0.2, 0.25) is 0 Å². The summed E-state index contributed by atoms with van der Waals surface area (Å²) in [5.41, 5.74) is 0. The summed E-state index contributed by atoms with van der Waals surface area (Å²) in [6.07, 6.45) is 5.98. The highest BCUT2D eigenvalue weighted by atomic mass is 31.2. The topological polar surface area (TPSA) is 47.6 Å². The van der Waals surface area contributed by atoms with Gasteiger partial charge in [0.05, 0.1) is 0 Å². The minimum absolute atomic E-state index is 0.0967. The van der Waals surface area contributed by atoms with Gasteiger partial charge in [-0.1, -0.05) is 12.8 Å². The molecule has 2 rings (SSSR count). The Bertz CT molecular complexity index is 249. The van der Waals surface area contributed by atoms with Gasteiger partial charge in [0.1, 0.15) is 5.78 Å². The third kappa shape index (κ3) is 2.14. The van der Waals surface area contributed by atoms with E-state index >= 15 is 0 Å². The maximum absolute atomic E-state index is 12.2. The molecule has 0 bridgehead atoms. The predicted molar refractivity (Wildman–Crippen MR) is 58.9 cm³/mol. The highest BCUT2D eigenvalue weighted by Crippen LogP contribution is 2.55. The van der Waals surface area contributed by atoms with E-state index in [4.69, 9.17) is 9.05 Å². The lowest BCUT2D eigenvalue weighted by Crippen LogP contribution is -2.33. The fraction of sp³-hybridized carbons (Fsp3) is 1.00. The van der Waals surface area contributed by atoms with Crippen LogP contribution in [0.5, 0.6) is 0 Å². The molecule has 1 saturated heterocycles. The molecule has 0 amide bonds. The first-order chi connectivity index (χ1) is 7.19. The average molecular weight is 233 g/mol. The maximum atomic E-state index is 12.2. The Kier molecular flexibility index (Phi) is 3.51. The molecule has 2 aliphatic rings. The molecule has 0 radical (unpaired) electrons.